The minimum absolute atomic E-state index is 0.0309. The number of aryl methyl sites for hydroxylation is 1. The van der Waals surface area contributed by atoms with E-state index in [0.717, 1.165) is 22.3 Å². The SMILES string of the molecule is COC(=O)c1sccc1S(=O)(=O)Nc1ccc2nc(OC)cc(C)c2c1. The highest BCUT2D eigenvalue weighted by molar-refractivity contribution is 7.93. The van der Waals surface area contributed by atoms with Gasteiger partial charge in [-0.15, -0.1) is 11.3 Å². The number of carbonyl (C=O) groups excluding carboxylic acids is 1. The number of aromatic nitrogens is 1. The van der Waals surface area contributed by atoms with Crippen molar-refractivity contribution >= 4 is 43.9 Å². The van der Waals surface area contributed by atoms with Crippen molar-refractivity contribution in [3.8, 4) is 5.88 Å². The van der Waals surface area contributed by atoms with E-state index in [-0.39, 0.29) is 9.77 Å². The van der Waals surface area contributed by atoms with Gasteiger partial charge in [0.05, 0.1) is 19.7 Å². The van der Waals surface area contributed by atoms with Gasteiger partial charge in [0.2, 0.25) is 5.88 Å². The van der Waals surface area contributed by atoms with E-state index in [1.165, 1.54) is 25.7 Å². The minimum atomic E-state index is -3.94. The summed E-state index contributed by atoms with van der Waals surface area (Å²) in [6.45, 7) is 1.89. The number of rotatable bonds is 5. The summed E-state index contributed by atoms with van der Waals surface area (Å²) in [6, 6.07) is 8.15. The maximum absolute atomic E-state index is 12.7. The molecular formula is C17H16N2O5S2. The molecule has 7 nitrogen and oxygen atoms in total. The van der Waals surface area contributed by atoms with Crippen LogP contribution in [0.3, 0.4) is 0 Å². The first-order valence-corrected chi connectivity index (χ1v) is 9.86. The topological polar surface area (TPSA) is 94.6 Å². The number of thiophene rings is 1. The van der Waals surface area contributed by atoms with E-state index in [2.05, 4.69) is 14.4 Å². The van der Waals surface area contributed by atoms with Crippen LogP contribution in [-0.2, 0) is 14.8 Å². The number of fused-ring (bicyclic) bond motifs is 1. The molecule has 2 aromatic heterocycles. The average molecular weight is 392 g/mol. The van der Waals surface area contributed by atoms with E-state index in [1.54, 1.807) is 24.3 Å². The number of hydrogen-bond donors (Lipinski definition) is 1. The summed E-state index contributed by atoms with van der Waals surface area (Å²) in [7, 11) is -1.19. The normalized spacial score (nSPS) is 11.3. The van der Waals surface area contributed by atoms with Gasteiger partial charge in [-0.2, -0.15) is 0 Å². The number of ether oxygens (including phenoxy) is 2. The second-order valence-electron chi connectivity index (χ2n) is 5.42. The Labute approximate surface area is 154 Å². The Morgan fingerprint density at radius 1 is 1.19 bits per heavy atom. The predicted octanol–water partition coefficient (Wildman–Crippen LogP) is 3.20. The molecule has 0 aliphatic carbocycles. The van der Waals surface area contributed by atoms with Crippen molar-refractivity contribution in [2.24, 2.45) is 0 Å². The summed E-state index contributed by atoms with van der Waals surface area (Å²) in [5.74, 6) is -0.199. The van der Waals surface area contributed by atoms with Crippen molar-refractivity contribution in [1.82, 2.24) is 4.98 Å². The summed E-state index contributed by atoms with van der Waals surface area (Å²) >= 11 is 1.01. The number of methoxy groups -OCH3 is 2. The number of pyridine rings is 1. The first kappa shape index (κ1) is 18.2. The molecule has 0 aliphatic heterocycles. The van der Waals surface area contributed by atoms with Crippen LogP contribution in [0.2, 0.25) is 0 Å². The first-order chi connectivity index (χ1) is 12.4. The molecule has 3 aromatic rings. The van der Waals surface area contributed by atoms with Crippen molar-refractivity contribution in [2.45, 2.75) is 11.8 Å². The number of benzene rings is 1. The molecule has 1 N–H and O–H groups in total. The van der Waals surface area contributed by atoms with Gasteiger partial charge in [-0.3, -0.25) is 4.72 Å². The van der Waals surface area contributed by atoms with Crippen LogP contribution < -0.4 is 9.46 Å². The molecule has 0 spiro atoms. The highest BCUT2D eigenvalue weighted by Gasteiger charge is 2.24. The largest absolute Gasteiger partial charge is 0.481 e. The number of anilines is 1. The third kappa shape index (κ3) is 3.35. The molecule has 0 aliphatic rings. The second-order valence-corrected chi connectivity index (χ2v) is 7.99. The number of carbonyl (C=O) groups is 1. The van der Waals surface area contributed by atoms with Crippen molar-refractivity contribution < 1.29 is 22.7 Å². The minimum Gasteiger partial charge on any atom is -0.481 e. The quantitative estimate of drug-likeness (QED) is 0.670. The molecule has 3 rings (SSSR count). The average Bonchev–Trinajstić information content (AvgIpc) is 3.12. The molecule has 9 heteroatoms. The fraction of sp³-hybridized carbons (Fsp3) is 0.176. The smallest absolute Gasteiger partial charge is 0.349 e. The van der Waals surface area contributed by atoms with Crippen LogP contribution in [0.15, 0.2) is 40.6 Å². The first-order valence-electron chi connectivity index (χ1n) is 7.49. The zero-order valence-corrected chi connectivity index (χ0v) is 15.9. The molecule has 2 heterocycles. The van der Waals surface area contributed by atoms with Gasteiger partial charge >= 0.3 is 5.97 Å². The third-order valence-electron chi connectivity index (χ3n) is 3.74. The Bertz CT molecular complexity index is 1090. The Kier molecular flexibility index (Phi) is 4.84. The molecule has 0 atom stereocenters. The summed E-state index contributed by atoms with van der Waals surface area (Å²) in [5, 5.41) is 2.33. The molecule has 26 heavy (non-hydrogen) atoms. The summed E-state index contributed by atoms with van der Waals surface area (Å²) in [6.07, 6.45) is 0. The van der Waals surface area contributed by atoms with Crippen LogP contribution in [0, 0.1) is 6.92 Å². The molecule has 0 fully saturated rings. The van der Waals surface area contributed by atoms with Gasteiger partial charge in [0.25, 0.3) is 10.0 Å². The van der Waals surface area contributed by atoms with Gasteiger partial charge in [0.1, 0.15) is 9.77 Å². The van der Waals surface area contributed by atoms with Crippen molar-refractivity contribution in [2.75, 3.05) is 18.9 Å². The lowest BCUT2D eigenvalue weighted by molar-refractivity contribution is 0.0602. The Balaban J connectivity index is 1.99. The molecule has 0 saturated heterocycles. The van der Waals surface area contributed by atoms with Crippen LogP contribution in [0.4, 0.5) is 5.69 Å². The van der Waals surface area contributed by atoms with Gasteiger partial charge in [-0.25, -0.2) is 18.2 Å². The van der Waals surface area contributed by atoms with E-state index < -0.39 is 16.0 Å². The molecule has 0 bridgehead atoms. The maximum Gasteiger partial charge on any atom is 0.349 e. The van der Waals surface area contributed by atoms with Crippen molar-refractivity contribution in [3.05, 3.63) is 46.2 Å². The molecule has 0 saturated carbocycles. The molecule has 0 unspecified atom stereocenters. The zero-order valence-electron chi connectivity index (χ0n) is 14.3. The van der Waals surface area contributed by atoms with Crippen LogP contribution in [0.5, 0.6) is 5.88 Å². The van der Waals surface area contributed by atoms with Crippen LogP contribution in [0.1, 0.15) is 15.2 Å². The molecular weight excluding hydrogens is 376 g/mol. The standard InChI is InChI=1S/C17H16N2O5S2/c1-10-8-15(23-2)18-13-5-4-11(9-12(10)13)19-26(21,22)14-6-7-25-16(14)17(20)24-3/h4-9,19H,1-3H3. The molecule has 136 valence electrons. The van der Waals surface area contributed by atoms with Gasteiger partial charge < -0.3 is 9.47 Å². The zero-order chi connectivity index (χ0) is 18.9. The fourth-order valence-corrected chi connectivity index (χ4v) is 4.88. The Morgan fingerprint density at radius 2 is 1.96 bits per heavy atom. The number of sulfonamides is 1. The van der Waals surface area contributed by atoms with E-state index in [0.29, 0.717) is 17.1 Å². The van der Waals surface area contributed by atoms with E-state index in [4.69, 9.17) is 4.74 Å². The predicted molar refractivity (Wildman–Crippen MR) is 99.5 cm³/mol. The van der Waals surface area contributed by atoms with Crippen LogP contribution in [-0.4, -0.2) is 33.6 Å². The maximum atomic E-state index is 12.7. The van der Waals surface area contributed by atoms with Crippen molar-refractivity contribution in [1.29, 1.82) is 0 Å². The number of esters is 1. The lowest BCUT2D eigenvalue weighted by atomic mass is 10.1. The number of hydrogen-bond acceptors (Lipinski definition) is 7. The second kappa shape index (κ2) is 6.93. The summed E-state index contributed by atoms with van der Waals surface area (Å²) in [4.78, 5) is 16.0. The summed E-state index contributed by atoms with van der Waals surface area (Å²) in [5.41, 5.74) is 1.96. The molecule has 0 amide bonds. The van der Waals surface area contributed by atoms with Crippen molar-refractivity contribution in [3.63, 3.8) is 0 Å². The number of nitrogens with one attached hydrogen (secondary N) is 1. The van der Waals surface area contributed by atoms with E-state index in [9.17, 15) is 13.2 Å². The van der Waals surface area contributed by atoms with Gasteiger partial charge in [0.15, 0.2) is 0 Å². The van der Waals surface area contributed by atoms with E-state index in [1.807, 2.05) is 6.92 Å². The lowest BCUT2D eigenvalue weighted by Gasteiger charge is -2.11. The fourth-order valence-electron chi connectivity index (χ4n) is 2.49. The highest BCUT2D eigenvalue weighted by atomic mass is 32.2. The van der Waals surface area contributed by atoms with Crippen LogP contribution in [0.25, 0.3) is 10.9 Å². The van der Waals surface area contributed by atoms with Gasteiger partial charge in [0, 0.05) is 17.1 Å². The van der Waals surface area contributed by atoms with Gasteiger partial charge in [-0.1, -0.05) is 0 Å². The van der Waals surface area contributed by atoms with Crippen LogP contribution >= 0.6 is 11.3 Å². The summed E-state index contributed by atoms with van der Waals surface area (Å²) < 4.78 is 37.6. The molecule has 0 radical (unpaired) electrons. The van der Waals surface area contributed by atoms with Gasteiger partial charge in [-0.05, 0) is 42.1 Å². The van der Waals surface area contributed by atoms with E-state index >= 15 is 0 Å². The Hall–Kier alpha value is -2.65. The highest BCUT2D eigenvalue weighted by Crippen LogP contribution is 2.28. The molecule has 1 aromatic carbocycles. The monoisotopic (exact) mass is 392 g/mol. The lowest BCUT2D eigenvalue weighted by Crippen LogP contribution is -2.15. The number of nitrogens with zero attached hydrogens (tertiary/aromatic N) is 1. The Morgan fingerprint density at radius 3 is 2.65 bits per heavy atom. The third-order valence-corrected chi connectivity index (χ3v) is 6.19.